The fourth-order valence-corrected chi connectivity index (χ4v) is 11.7. The van der Waals surface area contributed by atoms with Crippen LogP contribution in [0.5, 0.6) is 0 Å². The van der Waals surface area contributed by atoms with Crippen molar-refractivity contribution in [1.82, 2.24) is 0 Å². The predicted octanol–water partition coefficient (Wildman–Crippen LogP) is 5.05. The van der Waals surface area contributed by atoms with Gasteiger partial charge in [-0.25, -0.2) is 4.39 Å². The van der Waals surface area contributed by atoms with Gasteiger partial charge >= 0.3 is 11.9 Å². The van der Waals surface area contributed by atoms with Crippen molar-refractivity contribution in [2.75, 3.05) is 14.2 Å². The molecule has 38 heavy (non-hydrogen) atoms. The Hall–Kier alpha value is -3.29. The Labute approximate surface area is 224 Å². The van der Waals surface area contributed by atoms with E-state index in [0.29, 0.717) is 11.6 Å². The quantitative estimate of drug-likeness (QED) is 0.241. The second-order valence-electron chi connectivity index (χ2n) is 10.9. The van der Waals surface area contributed by atoms with Gasteiger partial charge in [0.15, 0.2) is 5.41 Å². The SMILES string of the molecule is COC(=O)C1(C(=O)OC)CC(C[Si](c2ccccc2)(c2ccccc2)C(C)(C)C)OC1c1ccc(F)cc1. The maximum absolute atomic E-state index is 13.8. The number of methoxy groups -OCH3 is 2. The average Bonchev–Trinajstić information content (AvgIpc) is 3.31. The summed E-state index contributed by atoms with van der Waals surface area (Å²) in [5, 5.41) is 2.34. The van der Waals surface area contributed by atoms with E-state index in [4.69, 9.17) is 14.2 Å². The lowest BCUT2D eigenvalue weighted by atomic mass is 9.77. The van der Waals surface area contributed by atoms with Gasteiger partial charge in [0.1, 0.15) is 20.0 Å². The minimum absolute atomic E-state index is 0.0961. The van der Waals surface area contributed by atoms with Crippen molar-refractivity contribution in [2.24, 2.45) is 5.41 Å². The molecular weight excluding hydrogens is 499 g/mol. The molecule has 5 nitrogen and oxygen atoms in total. The Morgan fingerprint density at radius 3 is 1.76 bits per heavy atom. The standard InChI is InChI=1S/C31H35FO5Si/c1-30(2,3)38(25-12-8-6-9-13-25,26-14-10-7-11-15-26)21-24-20-31(28(33)35-4,29(34)36-5)27(37-24)22-16-18-23(32)19-17-22/h6-19,24,27H,20-21H2,1-5H3. The van der Waals surface area contributed by atoms with Gasteiger partial charge in [-0.15, -0.1) is 0 Å². The van der Waals surface area contributed by atoms with Gasteiger partial charge in [0, 0.05) is 6.42 Å². The van der Waals surface area contributed by atoms with E-state index in [-0.39, 0.29) is 11.5 Å². The smallest absolute Gasteiger partial charge is 0.326 e. The Morgan fingerprint density at radius 2 is 1.34 bits per heavy atom. The van der Waals surface area contributed by atoms with Gasteiger partial charge in [-0.05, 0) is 28.8 Å². The monoisotopic (exact) mass is 534 g/mol. The topological polar surface area (TPSA) is 61.8 Å². The summed E-state index contributed by atoms with van der Waals surface area (Å²) in [6, 6.07) is 27.2. The molecule has 0 bridgehead atoms. The van der Waals surface area contributed by atoms with Crippen molar-refractivity contribution in [3.8, 4) is 0 Å². The lowest BCUT2D eigenvalue weighted by Gasteiger charge is -2.45. The fourth-order valence-electron chi connectivity index (χ4n) is 6.13. The normalized spacial score (nSPS) is 19.1. The summed E-state index contributed by atoms with van der Waals surface area (Å²) >= 11 is 0. The number of benzene rings is 3. The van der Waals surface area contributed by atoms with Gasteiger partial charge in [-0.2, -0.15) is 0 Å². The molecular formula is C31H35FO5Si. The number of halogens is 1. The minimum atomic E-state index is -2.60. The third-order valence-corrected chi connectivity index (χ3v) is 14.2. The summed E-state index contributed by atoms with van der Waals surface area (Å²) in [7, 11) is -0.0872. The van der Waals surface area contributed by atoms with Gasteiger partial charge in [-0.1, -0.05) is 104 Å². The molecule has 1 fully saturated rings. The van der Waals surface area contributed by atoms with Gasteiger partial charge in [0.25, 0.3) is 0 Å². The van der Waals surface area contributed by atoms with Crippen LogP contribution in [0.3, 0.4) is 0 Å². The zero-order valence-corrected chi connectivity index (χ0v) is 23.6. The third-order valence-electron chi connectivity index (χ3n) is 7.95. The number of esters is 2. The minimum Gasteiger partial charge on any atom is -0.468 e. The first-order chi connectivity index (χ1) is 18.1. The van der Waals surface area contributed by atoms with Crippen LogP contribution in [-0.2, 0) is 23.8 Å². The Kier molecular flexibility index (Phi) is 7.90. The number of ether oxygens (including phenoxy) is 3. The summed E-state index contributed by atoms with van der Waals surface area (Å²) in [6.45, 7) is 6.75. The lowest BCUT2D eigenvalue weighted by Crippen LogP contribution is -2.65. The molecule has 0 N–H and O–H groups in total. The van der Waals surface area contributed by atoms with Gasteiger partial charge in [-0.3, -0.25) is 9.59 Å². The van der Waals surface area contributed by atoms with Crippen LogP contribution in [0.25, 0.3) is 0 Å². The van der Waals surface area contributed by atoms with E-state index in [1.54, 1.807) is 12.1 Å². The molecule has 0 amide bonds. The third kappa shape index (κ3) is 4.69. The highest BCUT2D eigenvalue weighted by atomic mass is 28.3. The fraction of sp³-hybridized carbons (Fsp3) is 0.355. The molecule has 0 saturated carbocycles. The molecule has 0 aliphatic carbocycles. The molecule has 0 spiro atoms. The van der Waals surface area contributed by atoms with Gasteiger partial charge in [0.05, 0.1) is 20.3 Å². The van der Waals surface area contributed by atoms with Crippen molar-refractivity contribution in [1.29, 1.82) is 0 Å². The number of carbonyl (C=O) groups excluding carboxylic acids is 2. The molecule has 1 aliphatic heterocycles. The van der Waals surface area contributed by atoms with Crippen molar-refractivity contribution in [3.63, 3.8) is 0 Å². The van der Waals surface area contributed by atoms with E-state index < -0.39 is 43.5 Å². The Bertz CT molecular complexity index is 1200. The van der Waals surface area contributed by atoms with E-state index in [1.807, 2.05) is 12.1 Å². The summed E-state index contributed by atoms with van der Waals surface area (Å²) in [6.07, 6.45) is -1.35. The first-order valence-electron chi connectivity index (χ1n) is 12.8. The predicted molar refractivity (Wildman–Crippen MR) is 148 cm³/mol. The number of carbonyl (C=O) groups is 2. The highest BCUT2D eigenvalue weighted by Crippen LogP contribution is 2.53. The lowest BCUT2D eigenvalue weighted by molar-refractivity contribution is -0.173. The van der Waals surface area contributed by atoms with Crippen LogP contribution in [0.15, 0.2) is 84.9 Å². The summed E-state index contributed by atoms with van der Waals surface area (Å²) in [5.74, 6) is -1.86. The molecule has 3 aromatic rings. The number of hydrogen-bond acceptors (Lipinski definition) is 5. The zero-order chi connectivity index (χ0) is 27.6. The van der Waals surface area contributed by atoms with Crippen LogP contribution in [-0.4, -0.2) is 40.3 Å². The molecule has 0 radical (unpaired) electrons. The molecule has 4 rings (SSSR count). The van der Waals surface area contributed by atoms with Crippen LogP contribution < -0.4 is 10.4 Å². The number of hydrogen-bond donors (Lipinski definition) is 0. The zero-order valence-electron chi connectivity index (χ0n) is 22.6. The van der Waals surface area contributed by atoms with Crippen molar-refractivity contribution < 1.29 is 28.2 Å². The van der Waals surface area contributed by atoms with Crippen LogP contribution >= 0.6 is 0 Å². The number of rotatable bonds is 7. The summed E-state index contributed by atoms with van der Waals surface area (Å²) in [5.41, 5.74) is -1.19. The Balaban J connectivity index is 1.89. The molecule has 7 heteroatoms. The van der Waals surface area contributed by atoms with E-state index >= 15 is 0 Å². The van der Waals surface area contributed by atoms with Gasteiger partial charge in [0.2, 0.25) is 0 Å². The van der Waals surface area contributed by atoms with E-state index in [1.165, 1.54) is 36.7 Å². The van der Waals surface area contributed by atoms with Crippen molar-refractivity contribution in [3.05, 3.63) is 96.3 Å². The Morgan fingerprint density at radius 1 is 0.868 bits per heavy atom. The van der Waals surface area contributed by atoms with Crippen molar-refractivity contribution >= 4 is 30.4 Å². The van der Waals surface area contributed by atoms with Crippen LogP contribution in [0.2, 0.25) is 11.1 Å². The molecule has 2 atom stereocenters. The van der Waals surface area contributed by atoms with E-state index in [2.05, 4.69) is 69.3 Å². The molecule has 1 saturated heterocycles. The summed E-state index contributed by atoms with van der Waals surface area (Å²) in [4.78, 5) is 26.7. The molecule has 1 heterocycles. The summed E-state index contributed by atoms with van der Waals surface area (Å²) < 4.78 is 30.8. The highest BCUT2D eigenvalue weighted by Gasteiger charge is 2.63. The second-order valence-corrected chi connectivity index (χ2v) is 15.8. The van der Waals surface area contributed by atoms with Crippen molar-refractivity contribution in [2.45, 2.75) is 50.5 Å². The van der Waals surface area contributed by atoms with E-state index in [9.17, 15) is 14.0 Å². The first kappa shape index (κ1) is 27.7. The molecule has 200 valence electrons. The molecule has 2 unspecified atom stereocenters. The average molecular weight is 535 g/mol. The molecule has 1 aliphatic rings. The molecule has 0 aromatic heterocycles. The maximum atomic E-state index is 13.8. The first-order valence-corrected chi connectivity index (χ1v) is 15.0. The second kappa shape index (κ2) is 10.8. The van der Waals surface area contributed by atoms with Crippen LogP contribution in [0.1, 0.15) is 38.9 Å². The highest BCUT2D eigenvalue weighted by molar-refractivity contribution is 7.04. The largest absolute Gasteiger partial charge is 0.468 e. The van der Waals surface area contributed by atoms with Crippen LogP contribution in [0, 0.1) is 11.2 Å². The maximum Gasteiger partial charge on any atom is 0.326 e. The molecule has 3 aromatic carbocycles. The van der Waals surface area contributed by atoms with Gasteiger partial charge < -0.3 is 14.2 Å². The van der Waals surface area contributed by atoms with Crippen LogP contribution in [0.4, 0.5) is 4.39 Å². The van der Waals surface area contributed by atoms with E-state index in [0.717, 1.165) is 0 Å².